The van der Waals surface area contributed by atoms with Gasteiger partial charge in [0.2, 0.25) is 5.91 Å². The van der Waals surface area contributed by atoms with E-state index in [9.17, 15) is 9.59 Å². The minimum absolute atomic E-state index is 0.00180. The van der Waals surface area contributed by atoms with Gasteiger partial charge in [-0.05, 0) is 66.3 Å². The molecule has 0 N–H and O–H groups in total. The molecule has 1 aromatic carbocycles. The SMILES string of the molecule is CN(C)CCN(CC(=O)OC(C)(C)C)C(=O)CCCCc1nc2ccccc2s1. The van der Waals surface area contributed by atoms with Gasteiger partial charge < -0.3 is 14.5 Å². The summed E-state index contributed by atoms with van der Waals surface area (Å²) < 4.78 is 6.58. The molecular formula is C22H33N3O3S. The molecule has 0 atom stereocenters. The zero-order valence-corrected chi connectivity index (χ0v) is 19.1. The van der Waals surface area contributed by atoms with E-state index in [-0.39, 0.29) is 18.4 Å². The Morgan fingerprint density at radius 3 is 2.48 bits per heavy atom. The number of aromatic nitrogens is 1. The minimum Gasteiger partial charge on any atom is -0.459 e. The highest BCUT2D eigenvalue weighted by Crippen LogP contribution is 2.23. The number of fused-ring (bicyclic) bond motifs is 1. The van der Waals surface area contributed by atoms with Crippen molar-refractivity contribution in [3.05, 3.63) is 29.3 Å². The number of benzene rings is 1. The Hall–Kier alpha value is -1.99. The number of ether oxygens (including phenoxy) is 1. The molecule has 1 heterocycles. The zero-order chi connectivity index (χ0) is 21.4. The number of amides is 1. The van der Waals surface area contributed by atoms with Crippen LogP contribution in [0.4, 0.5) is 0 Å². The van der Waals surface area contributed by atoms with Gasteiger partial charge in [-0.3, -0.25) is 9.59 Å². The molecule has 0 aliphatic rings. The highest BCUT2D eigenvalue weighted by molar-refractivity contribution is 7.18. The number of esters is 1. The lowest BCUT2D eigenvalue weighted by molar-refractivity contribution is -0.159. The van der Waals surface area contributed by atoms with Gasteiger partial charge in [-0.15, -0.1) is 11.3 Å². The lowest BCUT2D eigenvalue weighted by atomic mass is 10.1. The first-order valence-electron chi connectivity index (χ1n) is 10.1. The predicted octanol–water partition coefficient (Wildman–Crippen LogP) is 3.74. The first-order valence-corrected chi connectivity index (χ1v) is 10.9. The maximum absolute atomic E-state index is 12.7. The molecule has 7 heteroatoms. The van der Waals surface area contributed by atoms with Gasteiger partial charge in [-0.1, -0.05) is 12.1 Å². The van der Waals surface area contributed by atoms with Crippen LogP contribution in [0.5, 0.6) is 0 Å². The van der Waals surface area contributed by atoms with Crippen molar-refractivity contribution in [2.24, 2.45) is 0 Å². The molecule has 0 aliphatic heterocycles. The van der Waals surface area contributed by atoms with E-state index in [4.69, 9.17) is 4.74 Å². The maximum atomic E-state index is 12.7. The van der Waals surface area contributed by atoms with Crippen LogP contribution in [0.3, 0.4) is 0 Å². The fourth-order valence-corrected chi connectivity index (χ4v) is 3.89. The molecule has 0 fully saturated rings. The fourth-order valence-electron chi connectivity index (χ4n) is 2.88. The van der Waals surface area contributed by atoms with Crippen LogP contribution in [0, 0.1) is 0 Å². The largest absolute Gasteiger partial charge is 0.459 e. The predicted molar refractivity (Wildman–Crippen MR) is 118 cm³/mol. The Kier molecular flexibility index (Phi) is 8.59. The minimum atomic E-state index is -0.551. The van der Waals surface area contributed by atoms with E-state index in [1.54, 1.807) is 16.2 Å². The third kappa shape index (κ3) is 8.50. The highest BCUT2D eigenvalue weighted by Gasteiger charge is 2.22. The summed E-state index contributed by atoms with van der Waals surface area (Å²) in [5.74, 6) is -0.360. The number of nitrogens with zero attached hydrogens (tertiary/aromatic N) is 3. The number of aryl methyl sites for hydroxylation is 1. The van der Waals surface area contributed by atoms with Crippen LogP contribution in [0.2, 0.25) is 0 Å². The number of thiazole rings is 1. The smallest absolute Gasteiger partial charge is 0.326 e. The topological polar surface area (TPSA) is 62.7 Å². The highest BCUT2D eigenvalue weighted by atomic mass is 32.1. The molecule has 0 saturated carbocycles. The number of unbranched alkanes of at least 4 members (excludes halogenated alkanes) is 1. The average molecular weight is 420 g/mol. The van der Waals surface area contributed by atoms with E-state index in [1.165, 1.54) is 4.70 Å². The molecule has 160 valence electrons. The molecule has 2 rings (SSSR count). The summed E-state index contributed by atoms with van der Waals surface area (Å²) in [6, 6.07) is 8.13. The van der Waals surface area contributed by atoms with Crippen LogP contribution in [0.25, 0.3) is 10.2 Å². The molecule has 6 nitrogen and oxygen atoms in total. The van der Waals surface area contributed by atoms with E-state index in [0.717, 1.165) is 29.8 Å². The fraction of sp³-hybridized carbons (Fsp3) is 0.591. The lowest BCUT2D eigenvalue weighted by Gasteiger charge is -2.26. The van der Waals surface area contributed by atoms with Crippen molar-refractivity contribution in [3.63, 3.8) is 0 Å². The molecule has 0 radical (unpaired) electrons. The van der Waals surface area contributed by atoms with Gasteiger partial charge in [-0.2, -0.15) is 0 Å². The molecule has 29 heavy (non-hydrogen) atoms. The number of hydrogen-bond donors (Lipinski definition) is 0. The van der Waals surface area contributed by atoms with Crippen molar-refractivity contribution in [2.75, 3.05) is 33.7 Å². The zero-order valence-electron chi connectivity index (χ0n) is 18.2. The first-order chi connectivity index (χ1) is 13.6. The standard InChI is InChI=1S/C22H33N3O3S/c1-22(2,3)28-21(27)16-25(15-14-24(4)5)20(26)13-9-8-12-19-23-17-10-6-7-11-18(17)29-19/h6-7,10-11H,8-9,12-16H2,1-5H3. The summed E-state index contributed by atoms with van der Waals surface area (Å²) in [5, 5.41) is 1.11. The van der Waals surface area contributed by atoms with E-state index in [1.807, 2.05) is 58.0 Å². The number of carbonyl (C=O) groups excluding carboxylic acids is 2. The molecule has 1 amide bonds. The normalized spacial score (nSPS) is 11.8. The molecule has 0 aliphatic carbocycles. The van der Waals surface area contributed by atoms with Crippen LogP contribution >= 0.6 is 11.3 Å². The first kappa shape index (κ1) is 23.3. The van der Waals surface area contributed by atoms with Gasteiger partial charge in [-0.25, -0.2) is 4.98 Å². The Morgan fingerprint density at radius 2 is 1.83 bits per heavy atom. The van der Waals surface area contributed by atoms with Gasteiger partial charge in [0.05, 0.1) is 15.2 Å². The quantitative estimate of drug-likeness (QED) is 0.434. The second-order valence-electron chi connectivity index (χ2n) is 8.49. The van der Waals surface area contributed by atoms with Crippen LogP contribution in [0.15, 0.2) is 24.3 Å². The third-order valence-corrected chi connectivity index (χ3v) is 5.38. The third-order valence-electron chi connectivity index (χ3n) is 4.28. The van der Waals surface area contributed by atoms with Gasteiger partial charge in [0.15, 0.2) is 0 Å². The van der Waals surface area contributed by atoms with Crippen molar-refractivity contribution in [1.29, 1.82) is 0 Å². The summed E-state index contributed by atoms with van der Waals surface area (Å²) in [6.45, 7) is 6.72. The van der Waals surface area contributed by atoms with Crippen molar-refractivity contribution >= 4 is 33.4 Å². The lowest BCUT2D eigenvalue weighted by Crippen LogP contribution is -2.41. The number of para-hydroxylation sites is 1. The van der Waals surface area contributed by atoms with Crippen LogP contribution in [0.1, 0.15) is 45.0 Å². The maximum Gasteiger partial charge on any atom is 0.326 e. The van der Waals surface area contributed by atoms with Crippen molar-refractivity contribution < 1.29 is 14.3 Å². The van der Waals surface area contributed by atoms with Crippen LogP contribution in [-0.2, 0) is 20.7 Å². The molecule has 0 bridgehead atoms. The number of hydrogen-bond acceptors (Lipinski definition) is 6. The van der Waals surface area contributed by atoms with Crippen molar-refractivity contribution in [2.45, 2.75) is 52.1 Å². The molecule has 1 aromatic heterocycles. The Balaban J connectivity index is 1.82. The Bertz CT molecular complexity index is 778. The molecule has 0 unspecified atom stereocenters. The Labute approximate surface area is 177 Å². The number of rotatable bonds is 10. The van der Waals surface area contributed by atoms with E-state index in [2.05, 4.69) is 11.1 Å². The molecule has 2 aromatic rings. The van der Waals surface area contributed by atoms with E-state index < -0.39 is 5.60 Å². The molecular weight excluding hydrogens is 386 g/mol. The van der Waals surface area contributed by atoms with E-state index in [0.29, 0.717) is 19.5 Å². The second kappa shape index (κ2) is 10.7. The summed E-state index contributed by atoms with van der Waals surface area (Å²) in [5.41, 5.74) is 0.487. The van der Waals surface area contributed by atoms with Gasteiger partial charge >= 0.3 is 5.97 Å². The number of carbonyl (C=O) groups is 2. The monoisotopic (exact) mass is 419 g/mol. The summed E-state index contributed by atoms with van der Waals surface area (Å²) in [4.78, 5) is 33.1. The van der Waals surface area contributed by atoms with Crippen molar-refractivity contribution in [3.8, 4) is 0 Å². The Morgan fingerprint density at radius 1 is 1.10 bits per heavy atom. The summed E-state index contributed by atoms with van der Waals surface area (Å²) in [7, 11) is 3.91. The molecule has 0 spiro atoms. The van der Waals surface area contributed by atoms with Crippen LogP contribution in [-0.4, -0.2) is 66.0 Å². The van der Waals surface area contributed by atoms with Crippen molar-refractivity contribution in [1.82, 2.24) is 14.8 Å². The second-order valence-corrected chi connectivity index (χ2v) is 9.60. The summed E-state index contributed by atoms with van der Waals surface area (Å²) >= 11 is 1.71. The van der Waals surface area contributed by atoms with E-state index >= 15 is 0 Å². The van der Waals surface area contributed by atoms with Crippen LogP contribution < -0.4 is 0 Å². The average Bonchev–Trinajstić information content (AvgIpc) is 3.03. The van der Waals surface area contributed by atoms with Gasteiger partial charge in [0.1, 0.15) is 12.1 Å². The summed E-state index contributed by atoms with van der Waals surface area (Å²) in [6.07, 6.45) is 2.98. The number of likely N-dealkylation sites (N-methyl/N-ethyl adjacent to an activating group) is 1. The molecule has 0 saturated heterocycles. The van der Waals surface area contributed by atoms with Gasteiger partial charge in [0, 0.05) is 19.5 Å². The van der Waals surface area contributed by atoms with Gasteiger partial charge in [0.25, 0.3) is 0 Å².